The summed E-state index contributed by atoms with van der Waals surface area (Å²) in [7, 11) is 6.43. The molecule has 0 fully saturated rings. The first-order chi connectivity index (χ1) is 8.91. The predicted molar refractivity (Wildman–Crippen MR) is 83.8 cm³/mol. The van der Waals surface area contributed by atoms with E-state index in [2.05, 4.69) is 25.3 Å². The minimum absolute atomic E-state index is 0.0425. The first-order valence-electron chi connectivity index (χ1n) is 6.78. The Morgan fingerprint density at radius 2 is 2.32 bits per heavy atom. The molecule has 2 radical (unpaired) electrons. The SMILES string of the molecule is [B]C(CB=C)(CCC)CC(C)N1C=CC(=C)NC1=O. The second kappa shape index (κ2) is 6.78. The van der Waals surface area contributed by atoms with Crippen molar-refractivity contribution in [3.63, 3.8) is 0 Å². The van der Waals surface area contributed by atoms with Gasteiger partial charge in [-0.2, -0.15) is 0 Å². The van der Waals surface area contributed by atoms with Crippen LogP contribution in [-0.2, 0) is 0 Å². The third-order valence-corrected chi connectivity index (χ3v) is 3.41. The maximum atomic E-state index is 11.9. The molecule has 100 valence electrons. The molecule has 0 saturated carbocycles. The van der Waals surface area contributed by atoms with Crippen LogP contribution < -0.4 is 5.32 Å². The first kappa shape index (κ1) is 15.8. The Balaban J connectivity index is 2.74. The van der Waals surface area contributed by atoms with Crippen LogP contribution in [0.25, 0.3) is 0 Å². The third kappa shape index (κ3) is 4.41. The second-order valence-corrected chi connectivity index (χ2v) is 5.34. The van der Waals surface area contributed by atoms with Crippen molar-refractivity contribution < 1.29 is 4.79 Å². The van der Waals surface area contributed by atoms with Gasteiger partial charge >= 0.3 is 118 Å². The molecule has 3 nitrogen and oxygen atoms in total. The van der Waals surface area contributed by atoms with Gasteiger partial charge in [0.1, 0.15) is 0 Å². The van der Waals surface area contributed by atoms with Crippen molar-refractivity contribution in [2.45, 2.75) is 50.8 Å². The fraction of sp³-hybridized carbons (Fsp3) is 0.571. The number of nitrogens with one attached hydrogen (secondary N) is 1. The van der Waals surface area contributed by atoms with Gasteiger partial charge in [-0.25, -0.2) is 0 Å². The van der Waals surface area contributed by atoms with Crippen LogP contribution in [0.4, 0.5) is 4.79 Å². The van der Waals surface area contributed by atoms with Gasteiger partial charge in [-0.05, 0) is 0 Å². The average Bonchev–Trinajstić information content (AvgIpc) is 2.28. The number of rotatable bonds is 7. The van der Waals surface area contributed by atoms with Crippen molar-refractivity contribution in [1.82, 2.24) is 10.2 Å². The van der Waals surface area contributed by atoms with Gasteiger partial charge in [0.25, 0.3) is 0 Å². The van der Waals surface area contributed by atoms with Crippen LogP contribution in [0, 0.1) is 0 Å². The van der Waals surface area contributed by atoms with Crippen molar-refractivity contribution >= 4 is 27.3 Å². The molecule has 0 aromatic carbocycles. The minimum atomic E-state index is -0.293. The Labute approximate surface area is 118 Å². The predicted octanol–water partition coefficient (Wildman–Crippen LogP) is 2.50. The number of nitrogens with zero attached hydrogens (tertiary/aromatic N) is 1. The molecule has 5 heteroatoms. The summed E-state index contributed by atoms with van der Waals surface area (Å²) in [5, 5.41) is 2.41. The van der Waals surface area contributed by atoms with E-state index in [4.69, 9.17) is 7.85 Å². The summed E-state index contributed by atoms with van der Waals surface area (Å²) in [6.45, 7) is 13.5. The Morgan fingerprint density at radius 3 is 2.84 bits per heavy atom. The maximum absolute atomic E-state index is 11.9. The molecule has 2 unspecified atom stereocenters. The number of carbonyl (C=O) groups excluding carboxylic acids is 1. The average molecular weight is 256 g/mol. The summed E-state index contributed by atoms with van der Waals surface area (Å²) in [6, 6.07) is -0.0988. The zero-order valence-corrected chi connectivity index (χ0v) is 12.0. The number of amides is 2. The molecule has 1 rings (SSSR count). The van der Waals surface area contributed by atoms with Crippen LogP contribution in [-0.4, -0.2) is 38.2 Å². The molecular weight excluding hydrogens is 234 g/mol. The molecule has 0 bridgehead atoms. The fourth-order valence-corrected chi connectivity index (χ4v) is 2.59. The number of allylic oxidation sites excluding steroid dienone is 1. The van der Waals surface area contributed by atoms with E-state index in [1.165, 1.54) is 0 Å². The van der Waals surface area contributed by atoms with E-state index in [1.807, 2.05) is 13.8 Å². The molecule has 1 aliphatic heterocycles. The molecule has 0 saturated heterocycles. The Bertz CT molecular complexity index is 395. The van der Waals surface area contributed by atoms with E-state index >= 15 is 0 Å². The Kier molecular flexibility index (Phi) is 5.64. The van der Waals surface area contributed by atoms with Gasteiger partial charge < -0.3 is 0 Å². The van der Waals surface area contributed by atoms with Crippen molar-refractivity contribution in [3.05, 3.63) is 24.6 Å². The van der Waals surface area contributed by atoms with Gasteiger partial charge in [-0.3, -0.25) is 0 Å². The van der Waals surface area contributed by atoms with E-state index in [1.54, 1.807) is 17.2 Å². The summed E-state index contributed by atoms with van der Waals surface area (Å²) in [5.74, 6) is 0. The van der Waals surface area contributed by atoms with Gasteiger partial charge in [0, 0.05) is 0 Å². The van der Waals surface area contributed by atoms with E-state index in [0.29, 0.717) is 5.70 Å². The molecule has 0 aliphatic carbocycles. The molecule has 2 amide bonds. The van der Waals surface area contributed by atoms with Crippen LogP contribution in [0.1, 0.15) is 33.1 Å². The normalized spacial score (nSPS) is 19.6. The summed E-state index contributed by atoms with van der Waals surface area (Å²) < 4.78 is 0. The summed E-state index contributed by atoms with van der Waals surface area (Å²) in [5.41, 5.74) is 0.618. The van der Waals surface area contributed by atoms with Crippen LogP contribution in [0.2, 0.25) is 11.6 Å². The van der Waals surface area contributed by atoms with Crippen molar-refractivity contribution in [2.24, 2.45) is 0 Å². The quantitative estimate of drug-likeness (QED) is 0.697. The van der Waals surface area contributed by atoms with Crippen LogP contribution in [0.3, 0.4) is 0 Å². The number of hydrogen-bond donors (Lipinski definition) is 1. The molecular formula is C14H22B2N2O. The van der Waals surface area contributed by atoms with E-state index in [9.17, 15) is 4.79 Å². The topological polar surface area (TPSA) is 32.3 Å². The van der Waals surface area contributed by atoms with Crippen molar-refractivity contribution in [2.75, 3.05) is 0 Å². The monoisotopic (exact) mass is 256 g/mol. The van der Waals surface area contributed by atoms with Gasteiger partial charge in [-0.1, -0.05) is 0 Å². The molecule has 1 N–H and O–H groups in total. The molecule has 1 heterocycles. The van der Waals surface area contributed by atoms with E-state index in [0.717, 1.165) is 25.6 Å². The van der Waals surface area contributed by atoms with Crippen LogP contribution in [0.15, 0.2) is 24.6 Å². The Morgan fingerprint density at radius 1 is 1.63 bits per heavy atom. The van der Waals surface area contributed by atoms with Crippen molar-refractivity contribution in [3.8, 4) is 0 Å². The van der Waals surface area contributed by atoms with Crippen LogP contribution >= 0.6 is 0 Å². The summed E-state index contributed by atoms with van der Waals surface area (Å²) >= 11 is 0. The molecule has 19 heavy (non-hydrogen) atoms. The fourth-order valence-electron chi connectivity index (χ4n) is 2.59. The number of urea groups is 1. The second-order valence-electron chi connectivity index (χ2n) is 5.34. The number of hydrogen-bond acceptors (Lipinski definition) is 1. The standard InChI is InChI=1S/C14H22B2N2O/c1-5-7-14(15,10-16-4)9-12(3)18-8-6-11(2)17-13(18)19/h6,8,12H,2,4-5,7,9-10H2,1,3H3,(H,17,19). The molecule has 0 aromatic heterocycles. The van der Waals surface area contributed by atoms with Crippen molar-refractivity contribution in [1.29, 1.82) is 0 Å². The third-order valence-electron chi connectivity index (χ3n) is 3.41. The zero-order chi connectivity index (χ0) is 14.5. The molecule has 1 aliphatic rings. The Hall–Kier alpha value is -1.25. The van der Waals surface area contributed by atoms with Crippen LogP contribution in [0.5, 0.6) is 0 Å². The summed E-state index contributed by atoms with van der Waals surface area (Å²) in [4.78, 5) is 13.6. The van der Waals surface area contributed by atoms with Gasteiger partial charge in [-0.15, -0.1) is 0 Å². The van der Waals surface area contributed by atoms with Gasteiger partial charge in [0.15, 0.2) is 0 Å². The molecule has 0 aromatic rings. The van der Waals surface area contributed by atoms with E-state index < -0.39 is 0 Å². The van der Waals surface area contributed by atoms with Gasteiger partial charge in [0.05, 0.1) is 0 Å². The molecule has 2 atom stereocenters. The van der Waals surface area contributed by atoms with E-state index in [-0.39, 0.29) is 17.4 Å². The number of carbonyl (C=O) groups is 1. The summed E-state index contributed by atoms with van der Waals surface area (Å²) in [6.07, 6.45) is 7.02. The van der Waals surface area contributed by atoms with Gasteiger partial charge in [0.2, 0.25) is 0 Å². The zero-order valence-electron chi connectivity index (χ0n) is 12.0. The molecule has 0 spiro atoms. The first-order valence-corrected chi connectivity index (χ1v) is 6.78.